The topological polar surface area (TPSA) is 54.0 Å². The predicted molar refractivity (Wildman–Crippen MR) is 68.0 cm³/mol. The number of pyridine rings is 1. The van der Waals surface area contributed by atoms with Crippen molar-refractivity contribution < 1.29 is 9.18 Å². The summed E-state index contributed by atoms with van der Waals surface area (Å²) < 4.78 is 13.9. The van der Waals surface area contributed by atoms with Crippen LogP contribution in [0.3, 0.4) is 0 Å². The van der Waals surface area contributed by atoms with Crippen molar-refractivity contribution in [2.75, 3.05) is 18.9 Å². The molecule has 0 saturated heterocycles. The molecule has 2 N–H and O–H groups in total. The highest BCUT2D eigenvalue weighted by molar-refractivity contribution is 5.95. The highest BCUT2D eigenvalue weighted by atomic mass is 19.1. The summed E-state index contributed by atoms with van der Waals surface area (Å²) in [5.74, 6) is -0.871. The van der Waals surface area contributed by atoms with Gasteiger partial charge in [0.15, 0.2) is 11.6 Å². The standard InChI is InChI=1S/C13H18FN3O/c1-3-13(5-6-13)8-17-12(18)9-4-7-16-11(15-2)10(9)14/h4,7H,3,5-6,8H2,1-2H3,(H,15,16)(H,17,18). The number of halogens is 1. The van der Waals surface area contributed by atoms with Crippen LogP contribution in [0.2, 0.25) is 0 Å². The van der Waals surface area contributed by atoms with Crippen molar-refractivity contribution in [3.63, 3.8) is 0 Å². The summed E-state index contributed by atoms with van der Waals surface area (Å²) in [5, 5.41) is 5.43. The van der Waals surface area contributed by atoms with Crippen LogP contribution in [-0.4, -0.2) is 24.5 Å². The predicted octanol–water partition coefficient (Wildman–Crippen LogP) is 2.18. The average molecular weight is 251 g/mol. The smallest absolute Gasteiger partial charge is 0.254 e. The molecule has 0 spiro atoms. The molecule has 18 heavy (non-hydrogen) atoms. The van der Waals surface area contributed by atoms with Crippen molar-refractivity contribution >= 4 is 11.7 Å². The molecule has 1 fully saturated rings. The van der Waals surface area contributed by atoms with Gasteiger partial charge in [0.25, 0.3) is 5.91 Å². The molecular formula is C13H18FN3O. The van der Waals surface area contributed by atoms with Crippen LogP contribution in [0.25, 0.3) is 0 Å². The maximum Gasteiger partial charge on any atom is 0.254 e. The maximum atomic E-state index is 13.9. The van der Waals surface area contributed by atoms with Crippen LogP contribution in [0.15, 0.2) is 12.3 Å². The first-order chi connectivity index (χ1) is 8.62. The summed E-state index contributed by atoms with van der Waals surface area (Å²) in [5.41, 5.74) is 0.298. The van der Waals surface area contributed by atoms with Gasteiger partial charge in [0.05, 0.1) is 5.56 Å². The van der Waals surface area contributed by atoms with E-state index in [2.05, 4.69) is 22.5 Å². The second-order valence-electron chi connectivity index (χ2n) is 4.81. The Kier molecular flexibility index (Phi) is 3.50. The third kappa shape index (κ3) is 2.44. The molecule has 1 aromatic rings. The van der Waals surface area contributed by atoms with Gasteiger partial charge in [-0.3, -0.25) is 4.79 Å². The molecule has 0 unspecified atom stereocenters. The number of nitrogens with one attached hydrogen (secondary N) is 2. The Hall–Kier alpha value is -1.65. The Morgan fingerprint density at radius 1 is 1.56 bits per heavy atom. The van der Waals surface area contributed by atoms with E-state index < -0.39 is 5.82 Å². The Morgan fingerprint density at radius 2 is 2.28 bits per heavy atom. The molecule has 4 nitrogen and oxygen atoms in total. The average Bonchev–Trinajstić information content (AvgIpc) is 3.17. The summed E-state index contributed by atoms with van der Waals surface area (Å²) in [6.45, 7) is 2.74. The highest BCUT2D eigenvalue weighted by Gasteiger charge is 2.40. The first-order valence-corrected chi connectivity index (χ1v) is 6.22. The van der Waals surface area contributed by atoms with Gasteiger partial charge in [-0.1, -0.05) is 6.92 Å². The van der Waals surface area contributed by atoms with Gasteiger partial charge < -0.3 is 10.6 Å². The molecule has 1 amide bonds. The van der Waals surface area contributed by atoms with Gasteiger partial charge in [-0.2, -0.15) is 0 Å². The molecule has 1 aliphatic rings. The number of hydrogen-bond donors (Lipinski definition) is 2. The molecule has 1 saturated carbocycles. The molecule has 2 rings (SSSR count). The minimum Gasteiger partial charge on any atom is -0.371 e. The van der Waals surface area contributed by atoms with Crippen LogP contribution >= 0.6 is 0 Å². The highest BCUT2D eigenvalue weighted by Crippen LogP contribution is 2.47. The van der Waals surface area contributed by atoms with Crippen molar-refractivity contribution in [1.29, 1.82) is 0 Å². The molecule has 0 aliphatic heterocycles. The second-order valence-corrected chi connectivity index (χ2v) is 4.81. The van der Waals surface area contributed by atoms with Crippen molar-refractivity contribution in [1.82, 2.24) is 10.3 Å². The number of carbonyl (C=O) groups is 1. The van der Waals surface area contributed by atoms with Crippen LogP contribution in [0.1, 0.15) is 36.5 Å². The van der Waals surface area contributed by atoms with Crippen molar-refractivity contribution in [2.45, 2.75) is 26.2 Å². The molecular weight excluding hydrogens is 233 g/mol. The van der Waals surface area contributed by atoms with E-state index in [1.807, 2.05) is 0 Å². The number of anilines is 1. The molecule has 1 heterocycles. The number of carbonyl (C=O) groups excluding carboxylic acids is 1. The van der Waals surface area contributed by atoms with E-state index in [0.717, 1.165) is 19.3 Å². The van der Waals surface area contributed by atoms with Crippen LogP contribution in [0.4, 0.5) is 10.2 Å². The summed E-state index contributed by atoms with van der Waals surface area (Å²) in [6, 6.07) is 1.40. The molecule has 1 aromatic heterocycles. The summed E-state index contributed by atoms with van der Waals surface area (Å²) in [6.07, 6.45) is 4.76. The van der Waals surface area contributed by atoms with E-state index >= 15 is 0 Å². The Balaban J connectivity index is 2.05. The fourth-order valence-corrected chi connectivity index (χ4v) is 1.99. The molecule has 5 heteroatoms. The summed E-state index contributed by atoms with van der Waals surface area (Å²) in [4.78, 5) is 15.7. The lowest BCUT2D eigenvalue weighted by Crippen LogP contribution is -2.30. The maximum absolute atomic E-state index is 13.9. The normalized spacial score (nSPS) is 16.2. The van der Waals surface area contributed by atoms with Crippen LogP contribution < -0.4 is 10.6 Å². The minimum absolute atomic E-state index is 0.0428. The largest absolute Gasteiger partial charge is 0.371 e. The molecule has 0 radical (unpaired) electrons. The quantitative estimate of drug-likeness (QED) is 0.843. The molecule has 0 bridgehead atoms. The SMILES string of the molecule is CCC1(CNC(=O)c2ccnc(NC)c2F)CC1. The molecule has 98 valence electrons. The van der Waals surface area contributed by atoms with E-state index in [1.54, 1.807) is 7.05 Å². The lowest BCUT2D eigenvalue weighted by Gasteiger charge is -2.14. The number of hydrogen-bond acceptors (Lipinski definition) is 3. The lowest BCUT2D eigenvalue weighted by molar-refractivity contribution is 0.0940. The van der Waals surface area contributed by atoms with Gasteiger partial charge in [0.1, 0.15) is 0 Å². The Morgan fingerprint density at radius 3 is 2.83 bits per heavy atom. The first-order valence-electron chi connectivity index (χ1n) is 6.22. The van der Waals surface area contributed by atoms with E-state index in [4.69, 9.17) is 0 Å². The third-order valence-corrected chi connectivity index (χ3v) is 3.70. The zero-order valence-corrected chi connectivity index (χ0v) is 10.7. The zero-order chi connectivity index (χ0) is 13.2. The van der Waals surface area contributed by atoms with E-state index in [0.29, 0.717) is 6.54 Å². The summed E-state index contributed by atoms with van der Waals surface area (Å²) in [7, 11) is 1.57. The third-order valence-electron chi connectivity index (χ3n) is 3.70. The second kappa shape index (κ2) is 4.92. The van der Waals surface area contributed by atoms with Gasteiger partial charge in [-0.05, 0) is 30.7 Å². The fraction of sp³-hybridized carbons (Fsp3) is 0.538. The number of rotatable bonds is 5. The zero-order valence-electron chi connectivity index (χ0n) is 10.7. The minimum atomic E-state index is -0.598. The molecule has 0 atom stereocenters. The first kappa shape index (κ1) is 12.8. The van der Waals surface area contributed by atoms with Gasteiger partial charge in [0, 0.05) is 19.8 Å². The van der Waals surface area contributed by atoms with Crippen molar-refractivity contribution in [3.05, 3.63) is 23.6 Å². The van der Waals surface area contributed by atoms with Crippen molar-refractivity contribution in [3.8, 4) is 0 Å². The van der Waals surface area contributed by atoms with Gasteiger partial charge in [-0.25, -0.2) is 9.37 Å². The van der Waals surface area contributed by atoms with E-state index in [1.165, 1.54) is 12.3 Å². The van der Waals surface area contributed by atoms with Gasteiger partial charge in [-0.15, -0.1) is 0 Å². The molecule has 0 aromatic carbocycles. The number of nitrogens with zero attached hydrogens (tertiary/aromatic N) is 1. The monoisotopic (exact) mass is 251 g/mol. The summed E-state index contributed by atoms with van der Waals surface area (Å²) >= 11 is 0. The van der Waals surface area contributed by atoms with E-state index in [-0.39, 0.29) is 22.7 Å². The lowest BCUT2D eigenvalue weighted by atomic mass is 10.0. The van der Waals surface area contributed by atoms with Gasteiger partial charge >= 0.3 is 0 Å². The Bertz CT molecular complexity index is 458. The Labute approximate surface area is 106 Å². The van der Waals surface area contributed by atoms with Crippen LogP contribution in [0, 0.1) is 11.2 Å². The van der Waals surface area contributed by atoms with E-state index in [9.17, 15) is 9.18 Å². The van der Waals surface area contributed by atoms with Crippen LogP contribution in [-0.2, 0) is 0 Å². The van der Waals surface area contributed by atoms with Crippen LogP contribution in [0.5, 0.6) is 0 Å². The molecule has 1 aliphatic carbocycles. The fourth-order valence-electron chi connectivity index (χ4n) is 1.99. The number of amides is 1. The van der Waals surface area contributed by atoms with Gasteiger partial charge in [0.2, 0.25) is 0 Å². The van der Waals surface area contributed by atoms with Crippen molar-refractivity contribution in [2.24, 2.45) is 5.41 Å². The number of aromatic nitrogens is 1.